The zero-order valence-corrected chi connectivity index (χ0v) is 17.5. The van der Waals surface area contributed by atoms with Crippen molar-refractivity contribution < 1.29 is 13.9 Å². The van der Waals surface area contributed by atoms with Crippen LogP contribution in [0.5, 0.6) is 5.75 Å². The molecule has 1 aliphatic heterocycles. The van der Waals surface area contributed by atoms with Crippen LogP contribution in [0.15, 0.2) is 66.7 Å². The van der Waals surface area contributed by atoms with E-state index < -0.39 is 12.0 Å². The Balaban J connectivity index is 1.73. The lowest BCUT2D eigenvalue weighted by atomic mass is 10.0. The number of halogens is 2. The average Bonchev–Trinajstić information content (AvgIpc) is 2.75. The molecule has 1 N–H and O–H groups in total. The zero-order valence-electron chi connectivity index (χ0n) is 16.7. The number of ether oxygens (including phenoxy) is 1. The van der Waals surface area contributed by atoms with Crippen molar-refractivity contribution in [3.05, 3.63) is 88.7 Å². The van der Waals surface area contributed by atoms with Gasteiger partial charge >= 0.3 is 0 Å². The van der Waals surface area contributed by atoms with Crippen molar-refractivity contribution in [1.82, 2.24) is 0 Å². The zero-order chi connectivity index (χ0) is 21.3. The van der Waals surface area contributed by atoms with Gasteiger partial charge in [0.2, 0.25) is 0 Å². The van der Waals surface area contributed by atoms with Crippen molar-refractivity contribution in [3.63, 3.8) is 0 Å². The number of carbonyl (C=O) groups excluding carboxylic acids is 1. The second-order valence-corrected chi connectivity index (χ2v) is 8.05. The molecule has 0 saturated carbocycles. The number of carbonyl (C=O) groups is 1. The number of hydrogen-bond donors (Lipinski definition) is 1. The van der Waals surface area contributed by atoms with E-state index in [-0.39, 0.29) is 10.9 Å². The van der Waals surface area contributed by atoms with Crippen molar-refractivity contribution >= 4 is 28.9 Å². The summed E-state index contributed by atoms with van der Waals surface area (Å²) in [4.78, 5) is 15.0. The fraction of sp³-hybridized carbons (Fsp3) is 0.208. The smallest absolute Gasteiger partial charge is 0.262 e. The molecule has 154 valence electrons. The molecule has 0 aromatic heterocycles. The van der Waals surface area contributed by atoms with Gasteiger partial charge in [0, 0.05) is 11.4 Å². The first-order valence-corrected chi connectivity index (χ1v) is 10.2. The summed E-state index contributed by atoms with van der Waals surface area (Å²) in [5.41, 5.74) is 2.68. The fourth-order valence-electron chi connectivity index (χ4n) is 3.40. The number of anilines is 2. The van der Waals surface area contributed by atoms with Crippen molar-refractivity contribution in [2.24, 2.45) is 5.92 Å². The molecule has 3 aromatic rings. The molecule has 1 heterocycles. The van der Waals surface area contributed by atoms with E-state index in [1.807, 2.05) is 42.5 Å². The molecule has 4 nitrogen and oxygen atoms in total. The molecular weight excluding hydrogens is 403 g/mol. The van der Waals surface area contributed by atoms with Crippen LogP contribution in [0.3, 0.4) is 0 Å². The second-order valence-electron chi connectivity index (χ2n) is 7.64. The molecule has 0 radical (unpaired) electrons. The van der Waals surface area contributed by atoms with Crippen LogP contribution in [0.2, 0.25) is 5.02 Å². The summed E-state index contributed by atoms with van der Waals surface area (Å²) in [5, 5.41) is 3.39. The topological polar surface area (TPSA) is 41.6 Å². The Labute approximate surface area is 180 Å². The number of nitrogens with zero attached hydrogens (tertiary/aromatic N) is 1. The maximum Gasteiger partial charge on any atom is 0.262 e. The molecule has 3 aromatic carbocycles. The van der Waals surface area contributed by atoms with Crippen LogP contribution in [0.1, 0.15) is 35.9 Å². The van der Waals surface area contributed by atoms with E-state index in [0.29, 0.717) is 23.8 Å². The van der Waals surface area contributed by atoms with Crippen LogP contribution < -0.4 is 15.0 Å². The Morgan fingerprint density at radius 2 is 1.83 bits per heavy atom. The lowest BCUT2D eigenvalue weighted by Gasteiger charge is -2.38. The predicted molar refractivity (Wildman–Crippen MR) is 118 cm³/mol. The van der Waals surface area contributed by atoms with Crippen molar-refractivity contribution in [2.75, 3.05) is 16.8 Å². The van der Waals surface area contributed by atoms with Gasteiger partial charge in [-0.15, -0.1) is 0 Å². The van der Waals surface area contributed by atoms with Gasteiger partial charge in [-0.2, -0.15) is 0 Å². The van der Waals surface area contributed by atoms with Gasteiger partial charge in [-0.3, -0.25) is 9.69 Å². The van der Waals surface area contributed by atoms with Crippen LogP contribution in [-0.4, -0.2) is 12.5 Å². The highest BCUT2D eigenvalue weighted by molar-refractivity contribution is 6.31. The first-order chi connectivity index (χ1) is 14.4. The number of amides is 1. The monoisotopic (exact) mass is 424 g/mol. The lowest BCUT2D eigenvalue weighted by molar-refractivity contribution is 0.0975. The van der Waals surface area contributed by atoms with Crippen LogP contribution in [0.4, 0.5) is 15.8 Å². The van der Waals surface area contributed by atoms with Crippen LogP contribution in [0, 0.1) is 11.7 Å². The summed E-state index contributed by atoms with van der Waals surface area (Å²) in [5.74, 6) is 0.488. The van der Waals surface area contributed by atoms with Gasteiger partial charge in [-0.05, 0) is 53.9 Å². The second kappa shape index (κ2) is 8.36. The highest BCUT2D eigenvalue weighted by atomic mass is 35.5. The third-order valence-electron chi connectivity index (χ3n) is 4.89. The van der Waals surface area contributed by atoms with E-state index in [1.165, 1.54) is 12.1 Å². The predicted octanol–water partition coefficient (Wildman–Crippen LogP) is 6.29. The third kappa shape index (κ3) is 3.98. The normalized spacial score (nSPS) is 15.7. The number of nitrogens with one attached hydrogen (secondary N) is 1. The number of hydrogen-bond acceptors (Lipinski definition) is 3. The molecule has 1 amide bonds. The largest absolute Gasteiger partial charge is 0.493 e. The quantitative estimate of drug-likeness (QED) is 0.523. The molecule has 30 heavy (non-hydrogen) atoms. The Hall–Kier alpha value is -3.05. The summed E-state index contributed by atoms with van der Waals surface area (Å²) < 4.78 is 19.5. The highest BCUT2D eigenvalue weighted by Gasteiger charge is 2.34. The Morgan fingerprint density at radius 1 is 1.10 bits per heavy atom. The van der Waals surface area contributed by atoms with Gasteiger partial charge in [0.15, 0.2) is 0 Å². The summed E-state index contributed by atoms with van der Waals surface area (Å²) in [7, 11) is 0. The van der Waals surface area contributed by atoms with E-state index in [0.717, 1.165) is 17.0 Å². The minimum absolute atomic E-state index is 0.0321. The average molecular weight is 425 g/mol. The van der Waals surface area contributed by atoms with Gasteiger partial charge in [0.1, 0.15) is 17.7 Å². The maximum absolute atomic E-state index is 13.7. The minimum Gasteiger partial charge on any atom is -0.493 e. The first-order valence-electron chi connectivity index (χ1n) is 9.81. The minimum atomic E-state index is -0.526. The first kappa shape index (κ1) is 20.2. The molecule has 6 heteroatoms. The summed E-state index contributed by atoms with van der Waals surface area (Å²) >= 11 is 6.01. The van der Waals surface area contributed by atoms with Crippen LogP contribution in [0.25, 0.3) is 0 Å². The maximum atomic E-state index is 13.7. The van der Waals surface area contributed by atoms with Gasteiger partial charge < -0.3 is 10.1 Å². The Bertz CT molecular complexity index is 1070. The number of fused-ring (bicyclic) bond motifs is 1. The van der Waals surface area contributed by atoms with E-state index in [2.05, 4.69) is 19.2 Å². The summed E-state index contributed by atoms with van der Waals surface area (Å²) in [6.07, 6.45) is -0.479. The van der Waals surface area contributed by atoms with E-state index in [1.54, 1.807) is 17.0 Å². The van der Waals surface area contributed by atoms with Crippen molar-refractivity contribution in [3.8, 4) is 5.75 Å². The third-order valence-corrected chi connectivity index (χ3v) is 5.18. The van der Waals surface area contributed by atoms with E-state index in [9.17, 15) is 9.18 Å². The Morgan fingerprint density at radius 3 is 2.53 bits per heavy atom. The highest BCUT2D eigenvalue weighted by Crippen LogP contribution is 2.38. The molecule has 1 aliphatic rings. The van der Waals surface area contributed by atoms with E-state index >= 15 is 0 Å². The van der Waals surface area contributed by atoms with Crippen molar-refractivity contribution in [2.45, 2.75) is 20.0 Å². The fourth-order valence-corrected chi connectivity index (χ4v) is 3.57. The van der Waals surface area contributed by atoms with Gasteiger partial charge in [-0.1, -0.05) is 49.7 Å². The van der Waals surface area contributed by atoms with Crippen molar-refractivity contribution in [1.29, 1.82) is 0 Å². The molecule has 1 atom stereocenters. The molecule has 0 spiro atoms. The Kier molecular flexibility index (Phi) is 5.64. The molecule has 0 saturated heterocycles. The summed E-state index contributed by atoms with van der Waals surface area (Å²) in [6, 6.07) is 19.3. The molecule has 0 bridgehead atoms. The molecule has 4 rings (SSSR count). The van der Waals surface area contributed by atoms with Crippen LogP contribution in [-0.2, 0) is 0 Å². The SMILES string of the molecule is CC(C)COc1ccc([C@H]2Nc3ccccc3C(=O)N2c2ccc(F)c(Cl)c2)cc1. The number of benzene rings is 3. The van der Waals surface area contributed by atoms with Gasteiger partial charge in [0.25, 0.3) is 5.91 Å². The van der Waals surface area contributed by atoms with E-state index in [4.69, 9.17) is 16.3 Å². The van der Waals surface area contributed by atoms with Gasteiger partial charge in [-0.25, -0.2) is 4.39 Å². The standard InChI is InChI=1S/C24H22ClFN2O2/c1-15(2)14-30-18-10-7-16(8-11-18)23-27-22-6-4-3-5-19(22)24(29)28(23)17-9-12-21(26)20(25)13-17/h3-13,15,23,27H,14H2,1-2H3/t23-/m0/s1. The lowest BCUT2D eigenvalue weighted by Crippen LogP contribution is -2.43. The molecule has 0 unspecified atom stereocenters. The number of rotatable bonds is 5. The molecule has 0 fully saturated rings. The van der Waals surface area contributed by atoms with Gasteiger partial charge in [0.05, 0.1) is 17.2 Å². The molecule has 0 aliphatic carbocycles. The number of para-hydroxylation sites is 1. The molecular formula is C24H22ClFN2O2. The van der Waals surface area contributed by atoms with Crippen LogP contribution >= 0.6 is 11.6 Å². The summed E-state index contributed by atoms with van der Waals surface area (Å²) in [6.45, 7) is 4.82.